The summed E-state index contributed by atoms with van der Waals surface area (Å²) >= 11 is 5.05. The van der Waals surface area contributed by atoms with E-state index in [9.17, 15) is 4.79 Å². The Balaban J connectivity index is 2.07. The number of nitrogens with one attached hydrogen (secondary N) is 2. The summed E-state index contributed by atoms with van der Waals surface area (Å²) in [5.41, 5.74) is 0.556. The van der Waals surface area contributed by atoms with Gasteiger partial charge < -0.3 is 10.3 Å². The normalized spacial score (nSPS) is 17.1. The number of carbonyl (C=O) groups excluding carboxylic acids is 1. The van der Waals surface area contributed by atoms with Crippen molar-refractivity contribution in [3.63, 3.8) is 0 Å². The largest absolute Gasteiger partial charge is 0.352 e. The zero-order valence-corrected chi connectivity index (χ0v) is 9.43. The fraction of sp³-hybridized carbons (Fsp3) is 0.455. The second kappa shape index (κ2) is 4.14. The van der Waals surface area contributed by atoms with Gasteiger partial charge in [-0.2, -0.15) is 0 Å². The van der Waals surface area contributed by atoms with Crippen molar-refractivity contribution in [3.8, 4) is 0 Å². The first-order valence-corrected chi connectivity index (χ1v) is 5.58. The monoisotopic (exact) mass is 222 g/mol. The van der Waals surface area contributed by atoms with Gasteiger partial charge in [0.05, 0.1) is 5.56 Å². The molecule has 0 spiro atoms. The molecule has 1 atom stereocenters. The molecule has 0 bridgehead atoms. The molecule has 1 aromatic heterocycles. The third-order valence-corrected chi connectivity index (χ3v) is 3.09. The maximum absolute atomic E-state index is 11.8. The van der Waals surface area contributed by atoms with E-state index in [1.54, 1.807) is 18.3 Å². The topological polar surface area (TPSA) is 44.9 Å². The standard InChI is InChI=1S/C11H14N2OS/c1-7(8-4-5-8)13-10(14)9-3-2-6-12-11(9)15/h2-3,6-8H,4-5H2,1H3,(H,12,15)(H,13,14). The summed E-state index contributed by atoms with van der Waals surface area (Å²) in [4.78, 5) is 14.7. The minimum Gasteiger partial charge on any atom is -0.352 e. The summed E-state index contributed by atoms with van der Waals surface area (Å²) < 4.78 is 0.498. The number of pyridine rings is 1. The molecule has 4 heteroatoms. The van der Waals surface area contributed by atoms with E-state index in [0.29, 0.717) is 16.1 Å². The number of hydrogen-bond donors (Lipinski definition) is 2. The van der Waals surface area contributed by atoms with Crippen LogP contribution < -0.4 is 5.32 Å². The van der Waals surface area contributed by atoms with Crippen LogP contribution in [0.4, 0.5) is 0 Å². The van der Waals surface area contributed by atoms with Crippen molar-refractivity contribution in [3.05, 3.63) is 28.5 Å². The van der Waals surface area contributed by atoms with Crippen molar-refractivity contribution in [2.75, 3.05) is 0 Å². The molecule has 80 valence electrons. The van der Waals surface area contributed by atoms with Crippen molar-refractivity contribution in [2.45, 2.75) is 25.8 Å². The molecule has 1 saturated carbocycles. The minimum atomic E-state index is -0.0729. The van der Waals surface area contributed by atoms with Gasteiger partial charge in [-0.3, -0.25) is 4.79 Å². The number of hydrogen-bond acceptors (Lipinski definition) is 2. The molecule has 1 aliphatic rings. The Hall–Kier alpha value is -1.16. The summed E-state index contributed by atoms with van der Waals surface area (Å²) in [5.74, 6) is 0.589. The molecular formula is C11H14N2OS. The second-order valence-corrected chi connectivity index (χ2v) is 4.42. The number of aromatic amines is 1. The van der Waals surface area contributed by atoms with E-state index in [0.717, 1.165) is 0 Å². The Labute approximate surface area is 93.9 Å². The van der Waals surface area contributed by atoms with Gasteiger partial charge in [-0.25, -0.2) is 0 Å². The number of amides is 1. The van der Waals surface area contributed by atoms with Crippen LogP contribution in [0.1, 0.15) is 30.1 Å². The summed E-state index contributed by atoms with van der Waals surface area (Å²) in [6, 6.07) is 3.78. The molecule has 1 aliphatic carbocycles. The Kier molecular flexibility index (Phi) is 2.86. The number of H-pyrrole nitrogens is 1. The molecule has 0 saturated heterocycles. The Bertz CT molecular complexity index is 423. The summed E-state index contributed by atoms with van der Waals surface area (Å²) in [6.07, 6.45) is 4.18. The van der Waals surface area contributed by atoms with E-state index in [1.807, 2.05) is 6.92 Å². The highest BCUT2D eigenvalue weighted by atomic mass is 32.1. The van der Waals surface area contributed by atoms with E-state index < -0.39 is 0 Å². The molecule has 1 unspecified atom stereocenters. The van der Waals surface area contributed by atoms with Crippen molar-refractivity contribution in [1.82, 2.24) is 10.3 Å². The van der Waals surface area contributed by atoms with E-state index in [1.165, 1.54) is 12.8 Å². The van der Waals surface area contributed by atoms with Gasteiger partial charge in [-0.05, 0) is 37.8 Å². The van der Waals surface area contributed by atoms with E-state index in [2.05, 4.69) is 10.3 Å². The Morgan fingerprint density at radius 1 is 1.67 bits per heavy atom. The van der Waals surface area contributed by atoms with E-state index in [4.69, 9.17) is 12.2 Å². The lowest BCUT2D eigenvalue weighted by molar-refractivity contribution is 0.0935. The lowest BCUT2D eigenvalue weighted by Crippen LogP contribution is -2.34. The fourth-order valence-electron chi connectivity index (χ4n) is 1.60. The van der Waals surface area contributed by atoms with Gasteiger partial charge in [-0.1, -0.05) is 12.2 Å². The molecule has 2 N–H and O–H groups in total. The average molecular weight is 222 g/mol. The molecule has 1 fully saturated rings. The predicted molar refractivity (Wildman–Crippen MR) is 61.3 cm³/mol. The smallest absolute Gasteiger partial charge is 0.254 e. The highest BCUT2D eigenvalue weighted by molar-refractivity contribution is 7.71. The highest BCUT2D eigenvalue weighted by Gasteiger charge is 2.29. The zero-order valence-electron chi connectivity index (χ0n) is 8.62. The number of rotatable bonds is 3. The molecule has 0 aliphatic heterocycles. The molecule has 1 aromatic rings. The van der Waals surface area contributed by atoms with Crippen LogP contribution in [0, 0.1) is 10.6 Å². The van der Waals surface area contributed by atoms with Crippen LogP contribution in [0.15, 0.2) is 18.3 Å². The molecule has 15 heavy (non-hydrogen) atoms. The molecule has 2 rings (SSSR count). The zero-order chi connectivity index (χ0) is 10.8. The lowest BCUT2D eigenvalue weighted by Gasteiger charge is -2.12. The predicted octanol–water partition coefficient (Wildman–Crippen LogP) is 2.27. The SMILES string of the molecule is CC(NC(=O)c1ccc[nH]c1=S)C1CC1. The number of aromatic nitrogens is 1. The molecule has 1 amide bonds. The van der Waals surface area contributed by atoms with Crippen LogP contribution in [0.5, 0.6) is 0 Å². The van der Waals surface area contributed by atoms with Crippen LogP contribution in [-0.2, 0) is 0 Å². The third-order valence-electron chi connectivity index (χ3n) is 2.75. The number of carbonyl (C=O) groups is 1. The van der Waals surface area contributed by atoms with Crippen LogP contribution in [-0.4, -0.2) is 16.9 Å². The molecular weight excluding hydrogens is 208 g/mol. The summed E-state index contributed by atoms with van der Waals surface area (Å²) in [7, 11) is 0. The average Bonchev–Trinajstić information content (AvgIpc) is 3.01. The van der Waals surface area contributed by atoms with Crippen LogP contribution in [0.3, 0.4) is 0 Å². The van der Waals surface area contributed by atoms with E-state index >= 15 is 0 Å². The van der Waals surface area contributed by atoms with Crippen LogP contribution in [0.25, 0.3) is 0 Å². The maximum Gasteiger partial charge on any atom is 0.254 e. The molecule has 0 radical (unpaired) electrons. The first-order valence-electron chi connectivity index (χ1n) is 5.17. The third kappa shape index (κ3) is 2.45. The quantitative estimate of drug-likeness (QED) is 0.771. The van der Waals surface area contributed by atoms with Crippen molar-refractivity contribution in [2.24, 2.45) is 5.92 Å². The van der Waals surface area contributed by atoms with Crippen LogP contribution >= 0.6 is 12.2 Å². The van der Waals surface area contributed by atoms with Gasteiger partial charge in [0, 0.05) is 12.2 Å². The van der Waals surface area contributed by atoms with Crippen molar-refractivity contribution >= 4 is 18.1 Å². The fourth-order valence-corrected chi connectivity index (χ4v) is 1.83. The van der Waals surface area contributed by atoms with Crippen molar-refractivity contribution in [1.29, 1.82) is 0 Å². The first kappa shape index (κ1) is 10.4. The van der Waals surface area contributed by atoms with Gasteiger partial charge in [0.1, 0.15) is 4.64 Å². The molecule has 1 heterocycles. The van der Waals surface area contributed by atoms with Gasteiger partial charge in [0.2, 0.25) is 0 Å². The molecule has 0 aromatic carbocycles. The highest BCUT2D eigenvalue weighted by Crippen LogP contribution is 2.32. The van der Waals surface area contributed by atoms with Gasteiger partial charge in [0.25, 0.3) is 5.91 Å². The Morgan fingerprint density at radius 2 is 2.40 bits per heavy atom. The summed E-state index contributed by atoms with van der Waals surface area (Å²) in [6.45, 7) is 2.05. The van der Waals surface area contributed by atoms with Gasteiger partial charge in [-0.15, -0.1) is 0 Å². The van der Waals surface area contributed by atoms with Gasteiger partial charge in [0.15, 0.2) is 0 Å². The van der Waals surface area contributed by atoms with E-state index in [-0.39, 0.29) is 11.9 Å². The Morgan fingerprint density at radius 3 is 3.00 bits per heavy atom. The first-order chi connectivity index (χ1) is 7.18. The van der Waals surface area contributed by atoms with Crippen LogP contribution in [0.2, 0.25) is 0 Å². The maximum atomic E-state index is 11.8. The minimum absolute atomic E-state index is 0.0729. The molecule has 3 nitrogen and oxygen atoms in total. The van der Waals surface area contributed by atoms with Crippen molar-refractivity contribution < 1.29 is 4.79 Å². The summed E-state index contributed by atoms with van der Waals surface area (Å²) in [5, 5.41) is 2.97. The second-order valence-electron chi connectivity index (χ2n) is 4.01. The lowest BCUT2D eigenvalue weighted by atomic mass is 10.2. The van der Waals surface area contributed by atoms with Gasteiger partial charge >= 0.3 is 0 Å².